The molecule has 0 bridgehead atoms. The van der Waals surface area contributed by atoms with Crippen LogP contribution in [0.1, 0.15) is 12.6 Å². The number of nitrogens with zero attached hydrogens (tertiary/aromatic N) is 7. The minimum absolute atomic E-state index is 0.173. The van der Waals surface area contributed by atoms with Crippen LogP contribution in [0.15, 0.2) is 34.7 Å². The molecule has 0 aliphatic carbocycles. The molecule has 1 fully saturated rings. The minimum Gasteiger partial charge on any atom is -0.395 e. The van der Waals surface area contributed by atoms with Crippen molar-refractivity contribution in [1.29, 1.82) is 0 Å². The molecule has 4 aromatic heterocycles. The molecule has 0 amide bonds. The van der Waals surface area contributed by atoms with Crippen molar-refractivity contribution in [2.75, 3.05) is 44.2 Å². The van der Waals surface area contributed by atoms with Gasteiger partial charge in [0.1, 0.15) is 17.0 Å². The average Bonchev–Trinajstić information content (AvgIpc) is 3.14. The second kappa shape index (κ2) is 9.14. The molecular formula is C21H23ClN8OS. The van der Waals surface area contributed by atoms with Crippen molar-refractivity contribution in [1.82, 2.24) is 34.8 Å². The molecule has 1 aliphatic heterocycles. The number of aliphatic hydroxyl groups is 1. The summed E-state index contributed by atoms with van der Waals surface area (Å²) in [6.45, 7) is 6.28. The molecule has 32 heavy (non-hydrogen) atoms. The van der Waals surface area contributed by atoms with E-state index in [1.165, 1.54) is 11.8 Å². The van der Waals surface area contributed by atoms with E-state index in [1.807, 2.05) is 6.07 Å². The first-order valence-corrected chi connectivity index (χ1v) is 11.8. The van der Waals surface area contributed by atoms with Crippen LogP contribution in [0.4, 0.5) is 5.82 Å². The molecule has 9 nitrogen and oxygen atoms in total. The van der Waals surface area contributed by atoms with Crippen molar-refractivity contribution in [3.05, 3.63) is 35.4 Å². The van der Waals surface area contributed by atoms with Crippen molar-refractivity contribution >= 4 is 51.4 Å². The molecule has 11 heteroatoms. The molecule has 0 radical (unpaired) electrons. The van der Waals surface area contributed by atoms with Crippen LogP contribution >= 0.6 is 23.4 Å². The van der Waals surface area contributed by atoms with E-state index in [0.717, 1.165) is 65.6 Å². The van der Waals surface area contributed by atoms with E-state index in [9.17, 15) is 5.11 Å². The van der Waals surface area contributed by atoms with Gasteiger partial charge in [-0.1, -0.05) is 18.5 Å². The first-order chi connectivity index (χ1) is 15.7. The fourth-order valence-corrected chi connectivity index (χ4v) is 5.02. The Balaban J connectivity index is 1.52. The average molecular weight is 471 g/mol. The molecule has 5 heterocycles. The Labute approximate surface area is 194 Å². The van der Waals surface area contributed by atoms with Gasteiger partial charge in [0, 0.05) is 61.9 Å². The number of aryl methyl sites for hydroxylation is 1. The topological polar surface area (TPSA) is 107 Å². The molecule has 166 valence electrons. The number of rotatable bonds is 6. The van der Waals surface area contributed by atoms with Gasteiger partial charge in [-0.15, -0.1) is 0 Å². The minimum atomic E-state index is 0.173. The third-order valence-corrected chi connectivity index (χ3v) is 6.81. The van der Waals surface area contributed by atoms with Crippen LogP contribution in [0.3, 0.4) is 0 Å². The van der Waals surface area contributed by atoms with E-state index in [2.05, 4.69) is 36.7 Å². The van der Waals surface area contributed by atoms with Crippen LogP contribution in [0.25, 0.3) is 22.2 Å². The molecule has 0 spiro atoms. The normalized spacial score (nSPS) is 15.2. The van der Waals surface area contributed by atoms with Gasteiger partial charge in [-0.05, 0) is 24.2 Å². The number of aromatic nitrogens is 6. The zero-order valence-electron chi connectivity index (χ0n) is 17.6. The number of aromatic amines is 1. The van der Waals surface area contributed by atoms with E-state index < -0.39 is 0 Å². The van der Waals surface area contributed by atoms with Crippen LogP contribution < -0.4 is 4.90 Å². The number of hydrogen-bond acceptors (Lipinski definition) is 9. The van der Waals surface area contributed by atoms with Gasteiger partial charge in [0.25, 0.3) is 0 Å². The Bertz CT molecular complexity index is 1260. The first-order valence-electron chi connectivity index (χ1n) is 10.6. The Hall–Kier alpha value is -2.53. The largest absolute Gasteiger partial charge is 0.395 e. The maximum absolute atomic E-state index is 9.24. The highest BCUT2D eigenvalue weighted by molar-refractivity contribution is 7.99. The highest BCUT2D eigenvalue weighted by Crippen LogP contribution is 2.37. The summed E-state index contributed by atoms with van der Waals surface area (Å²) in [5, 5.41) is 11.4. The molecule has 4 aromatic rings. The Kier molecular flexibility index (Phi) is 6.09. The highest BCUT2D eigenvalue weighted by atomic mass is 35.5. The number of pyridine rings is 1. The number of β-amino-alcohol motifs (C(OH)–C–C–N with tert-alkyl or cyclic N) is 1. The predicted molar refractivity (Wildman–Crippen MR) is 125 cm³/mol. The number of nitrogens with one attached hydrogen (secondary N) is 1. The second-order valence-electron chi connectivity index (χ2n) is 7.55. The lowest BCUT2D eigenvalue weighted by Gasteiger charge is -2.35. The SMILES string of the molecule is CCc1[nH]c2nc(Sc3cnc4nccnc4c3)nc(N3CCN(CCO)CC3)c2c1Cl. The zero-order valence-corrected chi connectivity index (χ0v) is 19.2. The van der Waals surface area contributed by atoms with E-state index in [1.54, 1.807) is 18.6 Å². The van der Waals surface area contributed by atoms with Gasteiger partial charge in [0.05, 0.1) is 17.0 Å². The summed E-state index contributed by atoms with van der Waals surface area (Å²) in [4.78, 5) is 31.4. The van der Waals surface area contributed by atoms with Gasteiger partial charge < -0.3 is 15.0 Å². The molecule has 0 aromatic carbocycles. The molecule has 1 aliphatic rings. The summed E-state index contributed by atoms with van der Waals surface area (Å²) in [6, 6.07) is 1.94. The number of halogens is 1. The van der Waals surface area contributed by atoms with Gasteiger partial charge in [0.15, 0.2) is 10.8 Å². The molecule has 2 N–H and O–H groups in total. The van der Waals surface area contributed by atoms with Crippen LogP contribution in [-0.4, -0.2) is 79.2 Å². The Morgan fingerprint density at radius 3 is 2.72 bits per heavy atom. The molecule has 0 unspecified atom stereocenters. The summed E-state index contributed by atoms with van der Waals surface area (Å²) < 4.78 is 0. The van der Waals surface area contributed by atoms with E-state index in [-0.39, 0.29) is 6.61 Å². The summed E-state index contributed by atoms with van der Waals surface area (Å²) >= 11 is 8.17. The smallest absolute Gasteiger partial charge is 0.196 e. The van der Waals surface area contributed by atoms with Gasteiger partial charge >= 0.3 is 0 Å². The van der Waals surface area contributed by atoms with Crippen molar-refractivity contribution in [3.63, 3.8) is 0 Å². The van der Waals surface area contributed by atoms with Crippen LogP contribution in [0.2, 0.25) is 5.02 Å². The molecular weight excluding hydrogens is 448 g/mol. The summed E-state index contributed by atoms with van der Waals surface area (Å²) in [5.41, 5.74) is 3.04. The van der Waals surface area contributed by atoms with Crippen LogP contribution in [-0.2, 0) is 6.42 Å². The van der Waals surface area contributed by atoms with Gasteiger partial charge in [-0.3, -0.25) is 9.88 Å². The van der Waals surface area contributed by atoms with Crippen molar-refractivity contribution in [3.8, 4) is 0 Å². The monoisotopic (exact) mass is 470 g/mol. The second-order valence-corrected chi connectivity index (χ2v) is 8.97. The lowest BCUT2D eigenvalue weighted by atomic mass is 10.2. The Morgan fingerprint density at radius 1 is 1.12 bits per heavy atom. The predicted octanol–water partition coefficient (Wildman–Crippen LogP) is 2.78. The fraction of sp³-hybridized carbons (Fsp3) is 0.381. The highest BCUT2D eigenvalue weighted by Gasteiger charge is 2.24. The van der Waals surface area contributed by atoms with Crippen LogP contribution in [0, 0.1) is 0 Å². The summed E-state index contributed by atoms with van der Waals surface area (Å²) in [6.07, 6.45) is 5.84. The molecule has 0 atom stereocenters. The number of piperazine rings is 1. The van der Waals surface area contributed by atoms with Crippen molar-refractivity contribution < 1.29 is 5.11 Å². The maximum atomic E-state index is 9.24. The quantitative estimate of drug-likeness (QED) is 0.411. The fourth-order valence-electron chi connectivity index (χ4n) is 3.91. The first kappa shape index (κ1) is 21.3. The zero-order chi connectivity index (χ0) is 22.1. The maximum Gasteiger partial charge on any atom is 0.196 e. The van der Waals surface area contributed by atoms with Crippen molar-refractivity contribution in [2.24, 2.45) is 0 Å². The Morgan fingerprint density at radius 2 is 1.94 bits per heavy atom. The third-order valence-electron chi connectivity index (χ3n) is 5.57. The number of anilines is 1. The lowest BCUT2D eigenvalue weighted by Crippen LogP contribution is -2.47. The summed E-state index contributed by atoms with van der Waals surface area (Å²) in [7, 11) is 0. The third kappa shape index (κ3) is 4.11. The van der Waals surface area contributed by atoms with E-state index >= 15 is 0 Å². The molecule has 5 rings (SSSR count). The summed E-state index contributed by atoms with van der Waals surface area (Å²) in [5.74, 6) is 0.843. The number of H-pyrrole nitrogens is 1. The van der Waals surface area contributed by atoms with Gasteiger partial charge in [-0.25, -0.2) is 19.9 Å². The van der Waals surface area contributed by atoms with Gasteiger partial charge in [-0.2, -0.15) is 0 Å². The van der Waals surface area contributed by atoms with Crippen LogP contribution in [0.5, 0.6) is 0 Å². The lowest BCUT2D eigenvalue weighted by molar-refractivity contribution is 0.188. The standard InChI is InChI=1S/C21H23ClN8OS/c1-2-14-17(22)16-19(26-14)27-21(28-20(16)30-7-5-29(6-8-30)9-10-31)32-13-11-15-18(25-12-13)24-4-3-23-15/h3-4,11-12,31H,2,5-10H2,1H3,(H,26,27,28). The number of aliphatic hydroxyl groups excluding tert-OH is 1. The number of fused-ring (bicyclic) bond motifs is 2. The molecule has 1 saturated heterocycles. The van der Waals surface area contributed by atoms with E-state index in [4.69, 9.17) is 21.6 Å². The van der Waals surface area contributed by atoms with E-state index in [0.29, 0.717) is 22.4 Å². The van der Waals surface area contributed by atoms with Crippen molar-refractivity contribution in [2.45, 2.75) is 23.4 Å². The number of hydrogen-bond donors (Lipinski definition) is 2. The molecule has 0 saturated carbocycles. The van der Waals surface area contributed by atoms with Gasteiger partial charge in [0.2, 0.25) is 0 Å².